The van der Waals surface area contributed by atoms with Gasteiger partial charge in [-0.25, -0.2) is 5.84 Å². The molecule has 0 aliphatic carbocycles. The number of nitrogens with one attached hydrogen (secondary N) is 1. The fourth-order valence-corrected chi connectivity index (χ4v) is 1.83. The van der Waals surface area contributed by atoms with E-state index in [1.807, 2.05) is 20.9 Å². The molecule has 0 aromatic carbocycles. The molecule has 3 N–H and O–H groups in total. The molecule has 90 valence electrons. The van der Waals surface area contributed by atoms with Crippen LogP contribution < -0.4 is 11.3 Å². The lowest BCUT2D eigenvalue weighted by atomic mass is 10.00. The van der Waals surface area contributed by atoms with Gasteiger partial charge in [0.1, 0.15) is 0 Å². The summed E-state index contributed by atoms with van der Waals surface area (Å²) in [6.45, 7) is 9.34. The van der Waals surface area contributed by atoms with E-state index >= 15 is 0 Å². The van der Waals surface area contributed by atoms with Gasteiger partial charge in [-0.1, -0.05) is 34.1 Å². The van der Waals surface area contributed by atoms with Crippen LogP contribution in [-0.2, 0) is 4.79 Å². The van der Waals surface area contributed by atoms with Gasteiger partial charge in [0, 0.05) is 6.54 Å². The highest BCUT2D eigenvalue weighted by Gasteiger charge is 2.26. The summed E-state index contributed by atoms with van der Waals surface area (Å²) < 4.78 is 0. The third-order valence-corrected chi connectivity index (χ3v) is 2.81. The van der Waals surface area contributed by atoms with Crippen molar-refractivity contribution in [2.45, 2.75) is 40.2 Å². The summed E-state index contributed by atoms with van der Waals surface area (Å²) in [4.78, 5) is 13.7. The van der Waals surface area contributed by atoms with Gasteiger partial charge in [0.2, 0.25) is 0 Å². The summed E-state index contributed by atoms with van der Waals surface area (Å²) in [5.41, 5.74) is 2.24. The molecule has 0 aromatic heterocycles. The Labute approximate surface area is 93.2 Å². The SMILES string of the molecule is CCC(C)CN(C)C(C(=O)NN)C(C)C. The molecule has 0 radical (unpaired) electrons. The molecular weight excluding hydrogens is 190 g/mol. The number of rotatable bonds is 6. The number of hydrogen-bond acceptors (Lipinski definition) is 3. The normalized spacial score (nSPS) is 15.5. The molecule has 0 saturated carbocycles. The zero-order valence-corrected chi connectivity index (χ0v) is 10.6. The highest BCUT2D eigenvalue weighted by Crippen LogP contribution is 2.12. The first-order valence-corrected chi connectivity index (χ1v) is 5.64. The Hall–Kier alpha value is -0.610. The Morgan fingerprint density at radius 2 is 1.93 bits per heavy atom. The first-order chi connectivity index (χ1) is 6.93. The Bertz CT molecular complexity index is 194. The van der Waals surface area contributed by atoms with E-state index in [9.17, 15) is 4.79 Å². The maximum Gasteiger partial charge on any atom is 0.251 e. The third-order valence-electron chi connectivity index (χ3n) is 2.81. The Morgan fingerprint density at radius 3 is 2.27 bits per heavy atom. The molecule has 0 spiro atoms. The molecule has 4 nitrogen and oxygen atoms in total. The highest BCUT2D eigenvalue weighted by molar-refractivity contribution is 5.81. The van der Waals surface area contributed by atoms with Crippen LogP contribution in [0.2, 0.25) is 0 Å². The van der Waals surface area contributed by atoms with Crippen LogP contribution in [0.25, 0.3) is 0 Å². The van der Waals surface area contributed by atoms with E-state index in [1.54, 1.807) is 0 Å². The van der Waals surface area contributed by atoms with Gasteiger partial charge in [0.15, 0.2) is 0 Å². The largest absolute Gasteiger partial charge is 0.295 e. The van der Waals surface area contributed by atoms with Gasteiger partial charge in [-0.15, -0.1) is 0 Å². The van der Waals surface area contributed by atoms with E-state index < -0.39 is 0 Å². The lowest BCUT2D eigenvalue weighted by Crippen LogP contribution is -2.51. The van der Waals surface area contributed by atoms with Crippen LogP contribution in [0.1, 0.15) is 34.1 Å². The second-order valence-electron chi connectivity index (χ2n) is 4.65. The number of nitrogens with two attached hydrogens (primary N) is 1. The fourth-order valence-electron chi connectivity index (χ4n) is 1.83. The molecule has 0 bridgehead atoms. The molecule has 1 amide bonds. The van der Waals surface area contributed by atoms with Gasteiger partial charge in [-0.2, -0.15) is 0 Å². The molecule has 0 aliphatic heterocycles. The minimum atomic E-state index is -0.135. The van der Waals surface area contributed by atoms with E-state index in [-0.39, 0.29) is 17.9 Å². The molecule has 4 heteroatoms. The summed E-state index contributed by atoms with van der Waals surface area (Å²) in [5, 5.41) is 0. The van der Waals surface area contributed by atoms with Crippen LogP contribution in [0, 0.1) is 11.8 Å². The van der Waals surface area contributed by atoms with Gasteiger partial charge >= 0.3 is 0 Å². The van der Waals surface area contributed by atoms with E-state index in [2.05, 4.69) is 24.2 Å². The summed E-state index contributed by atoms with van der Waals surface area (Å²) in [7, 11) is 1.98. The highest BCUT2D eigenvalue weighted by atomic mass is 16.2. The maximum atomic E-state index is 11.6. The van der Waals surface area contributed by atoms with E-state index in [0.29, 0.717) is 5.92 Å². The molecule has 0 rings (SSSR count). The molecule has 15 heavy (non-hydrogen) atoms. The number of carbonyl (C=O) groups excluding carboxylic acids is 1. The summed E-state index contributed by atoms with van der Waals surface area (Å²) >= 11 is 0. The van der Waals surface area contributed by atoms with Crippen LogP contribution >= 0.6 is 0 Å². The molecule has 0 aromatic rings. The molecule has 0 aliphatic rings. The van der Waals surface area contributed by atoms with Crippen LogP contribution in [0.4, 0.5) is 0 Å². The molecule has 0 fully saturated rings. The first-order valence-electron chi connectivity index (χ1n) is 5.64. The summed E-state index contributed by atoms with van der Waals surface area (Å²) in [6.07, 6.45) is 1.12. The minimum Gasteiger partial charge on any atom is -0.295 e. The van der Waals surface area contributed by atoms with Crippen molar-refractivity contribution in [3.05, 3.63) is 0 Å². The zero-order valence-electron chi connectivity index (χ0n) is 10.6. The molecular formula is C11H25N3O. The topological polar surface area (TPSA) is 58.4 Å². The molecule has 2 unspecified atom stereocenters. The van der Waals surface area contributed by atoms with Crippen molar-refractivity contribution in [3.8, 4) is 0 Å². The Balaban J connectivity index is 4.42. The van der Waals surface area contributed by atoms with Gasteiger partial charge in [0.05, 0.1) is 6.04 Å². The Kier molecular flexibility index (Phi) is 6.52. The average Bonchev–Trinajstić information content (AvgIpc) is 2.16. The number of hydrogen-bond donors (Lipinski definition) is 2. The Morgan fingerprint density at radius 1 is 1.40 bits per heavy atom. The van der Waals surface area contributed by atoms with E-state index in [0.717, 1.165) is 13.0 Å². The van der Waals surface area contributed by atoms with Crippen molar-refractivity contribution in [3.63, 3.8) is 0 Å². The van der Waals surface area contributed by atoms with Crippen molar-refractivity contribution in [2.24, 2.45) is 17.7 Å². The van der Waals surface area contributed by atoms with Crippen molar-refractivity contribution in [1.29, 1.82) is 0 Å². The quantitative estimate of drug-likeness (QED) is 0.394. The van der Waals surface area contributed by atoms with Crippen LogP contribution in [0.5, 0.6) is 0 Å². The first kappa shape index (κ1) is 14.4. The number of carbonyl (C=O) groups is 1. The van der Waals surface area contributed by atoms with Crippen LogP contribution in [0.3, 0.4) is 0 Å². The smallest absolute Gasteiger partial charge is 0.251 e. The van der Waals surface area contributed by atoms with Crippen molar-refractivity contribution < 1.29 is 4.79 Å². The predicted octanol–water partition coefficient (Wildman–Crippen LogP) is 0.979. The number of amides is 1. The molecule has 0 heterocycles. The van der Waals surface area contributed by atoms with E-state index in [1.165, 1.54) is 0 Å². The number of nitrogens with zero attached hydrogens (tertiary/aromatic N) is 1. The zero-order chi connectivity index (χ0) is 12.0. The number of hydrazine groups is 1. The second-order valence-corrected chi connectivity index (χ2v) is 4.65. The molecule has 0 saturated heterocycles. The lowest BCUT2D eigenvalue weighted by molar-refractivity contribution is -0.127. The average molecular weight is 215 g/mol. The van der Waals surface area contributed by atoms with Gasteiger partial charge in [-0.3, -0.25) is 15.1 Å². The van der Waals surface area contributed by atoms with Crippen molar-refractivity contribution in [2.75, 3.05) is 13.6 Å². The molecule has 2 atom stereocenters. The minimum absolute atomic E-state index is 0.101. The standard InChI is InChI=1S/C11H25N3O/c1-6-9(4)7-14(5)10(8(2)3)11(15)13-12/h8-10H,6-7,12H2,1-5H3,(H,13,15). The number of likely N-dealkylation sites (N-methyl/N-ethyl adjacent to an activating group) is 1. The monoisotopic (exact) mass is 215 g/mol. The second kappa shape index (κ2) is 6.80. The maximum absolute atomic E-state index is 11.6. The van der Waals surface area contributed by atoms with Crippen LogP contribution in [0.15, 0.2) is 0 Å². The van der Waals surface area contributed by atoms with Gasteiger partial charge < -0.3 is 0 Å². The fraction of sp³-hybridized carbons (Fsp3) is 0.909. The summed E-state index contributed by atoms with van der Waals surface area (Å²) in [6, 6.07) is -0.135. The van der Waals surface area contributed by atoms with Crippen molar-refractivity contribution >= 4 is 5.91 Å². The summed E-state index contributed by atoms with van der Waals surface area (Å²) in [5.74, 6) is 5.95. The lowest BCUT2D eigenvalue weighted by Gasteiger charge is -2.31. The third kappa shape index (κ3) is 4.62. The van der Waals surface area contributed by atoms with E-state index in [4.69, 9.17) is 5.84 Å². The van der Waals surface area contributed by atoms with Crippen LogP contribution in [-0.4, -0.2) is 30.4 Å². The van der Waals surface area contributed by atoms with Gasteiger partial charge in [0.25, 0.3) is 5.91 Å². The van der Waals surface area contributed by atoms with Gasteiger partial charge in [-0.05, 0) is 18.9 Å². The van der Waals surface area contributed by atoms with Crippen molar-refractivity contribution in [1.82, 2.24) is 10.3 Å². The predicted molar refractivity (Wildman–Crippen MR) is 63.0 cm³/mol.